The quantitative estimate of drug-likeness (QED) is 0.903. The Kier molecular flexibility index (Phi) is 4.01. The lowest BCUT2D eigenvalue weighted by Crippen LogP contribution is -2.36. The minimum absolute atomic E-state index is 0.232. The minimum Gasteiger partial charge on any atom is -0.271 e. The standard InChI is InChI=1S/C13H17N3O2S/c1-11-6-3-4-7-13(11)19(17,18)15-12(2)10-16-9-5-8-14-16/h3-9,12,15H,10H2,1-2H3. The van der Waals surface area contributed by atoms with Gasteiger partial charge in [-0.1, -0.05) is 18.2 Å². The van der Waals surface area contributed by atoms with E-state index in [1.54, 1.807) is 42.2 Å². The molecule has 6 heteroatoms. The Morgan fingerprint density at radius 2 is 2.05 bits per heavy atom. The first-order chi connectivity index (χ1) is 8.99. The van der Waals surface area contributed by atoms with Gasteiger partial charge < -0.3 is 0 Å². The van der Waals surface area contributed by atoms with Crippen LogP contribution in [0.4, 0.5) is 0 Å². The van der Waals surface area contributed by atoms with Crippen LogP contribution in [0.5, 0.6) is 0 Å². The second-order valence-electron chi connectivity index (χ2n) is 4.52. The molecule has 0 spiro atoms. The molecule has 0 bridgehead atoms. The Hall–Kier alpha value is -1.66. The molecule has 0 radical (unpaired) electrons. The minimum atomic E-state index is -3.48. The number of rotatable bonds is 5. The summed E-state index contributed by atoms with van der Waals surface area (Å²) >= 11 is 0. The van der Waals surface area contributed by atoms with Gasteiger partial charge in [0.1, 0.15) is 0 Å². The van der Waals surface area contributed by atoms with Crippen molar-refractivity contribution < 1.29 is 8.42 Å². The van der Waals surface area contributed by atoms with Crippen LogP contribution in [-0.4, -0.2) is 24.2 Å². The average molecular weight is 279 g/mol. The number of nitrogens with zero attached hydrogens (tertiary/aromatic N) is 2. The summed E-state index contributed by atoms with van der Waals surface area (Å²) in [6.07, 6.45) is 3.47. The van der Waals surface area contributed by atoms with Crippen LogP contribution >= 0.6 is 0 Å². The predicted molar refractivity (Wildman–Crippen MR) is 73.2 cm³/mol. The second-order valence-corrected chi connectivity index (χ2v) is 6.20. The Balaban J connectivity index is 2.11. The Labute approximate surface area is 113 Å². The van der Waals surface area contributed by atoms with E-state index in [0.717, 1.165) is 5.56 Å². The lowest BCUT2D eigenvalue weighted by atomic mass is 10.2. The van der Waals surface area contributed by atoms with Crippen LogP contribution in [-0.2, 0) is 16.6 Å². The maximum atomic E-state index is 12.3. The molecule has 1 unspecified atom stereocenters. The Morgan fingerprint density at radius 3 is 2.68 bits per heavy atom. The van der Waals surface area contributed by atoms with E-state index in [1.807, 2.05) is 19.1 Å². The molecule has 102 valence electrons. The molecular weight excluding hydrogens is 262 g/mol. The third-order valence-electron chi connectivity index (χ3n) is 2.76. The van der Waals surface area contributed by atoms with Crippen molar-refractivity contribution in [1.82, 2.24) is 14.5 Å². The highest BCUT2D eigenvalue weighted by molar-refractivity contribution is 7.89. The maximum Gasteiger partial charge on any atom is 0.241 e. The molecule has 5 nitrogen and oxygen atoms in total. The van der Waals surface area contributed by atoms with Gasteiger partial charge in [0.05, 0.1) is 11.4 Å². The molecule has 0 saturated heterocycles. The first kappa shape index (κ1) is 13.8. The Bertz CT molecular complexity index is 636. The number of aryl methyl sites for hydroxylation is 1. The van der Waals surface area contributed by atoms with Gasteiger partial charge in [0.25, 0.3) is 0 Å². The summed E-state index contributed by atoms with van der Waals surface area (Å²) in [5, 5.41) is 4.06. The van der Waals surface area contributed by atoms with Gasteiger partial charge in [-0.2, -0.15) is 5.10 Å². The lowest BCUT2D eigenvalue weighted by molar-refractivity contribution is 0.493. The molecule has 1 N–H and O–H groups in total. The first-order valence-corrected chi connectivity index (χ1v) is 7.53. The predicted octanol–water partition coefficient (Wildman–Crippen LogP) is 1.56. The van der Waals surface area contributed by atoms with Crippen LogP contribution in [0.25, 0.3) is 0 Å². The van der Waals surface area contributed by atoms with Crippen molar-refractivity contribution >= 4 is 10.0 Å². The zero-order valence-corrected chi connectivity index (χ0v) is 11.8. The zero-order chi connectivity index (χ0) is 13.9. The topological polar surface area (TPSA) is 64.0 Å². The van der Waals surface area contributed by atoms with Crippen LogP contribution in [0.3, 0.4) is 0 Å². The fourth-order valence-electron chi connectivity index (χ4n) is 1.91. The van der Waals surface area contributed by atoms with Crippen molar-refractivity contribution in [2.45, 2.75) is 31.3 Å². The molecule has 19 heavy (non-hydrogen) atoms. The van der Waals surface area contributed by atoms with E-state index in [1.165, 1.54) is 0 Å². The van der Waals surface area contributed by atoms with Gasteiger partial charge in [-0.3, -0.25) is 4.68 Å². The number of nitrogens with one attached hydrogen (secondary N) is 1. The number of benzene rings is 1. The van der Waals surface area contributed by atoms with E-state index in [9.17, 15) is 8.42 Å². The molecular formula is C13H17N3O2S. The largest absolute Gasteiger partial charge is 0.271 e. The van der Waals surface area contributed by atoms with Crippen molar-refractivity contribution in [3.05, 3.63) is 48.3 Å². The average Bonchev–Trinajstić information content (AvgIpc) is 2.81. The number of aromatic nitrogens is 2. The SMILES string of the molecule is Cc1ccccc1S(=O)(=O)NC(C)Cn1cccn1. The van der Waals surface area contributed by atoms with Gasteiger partial charge in [0.15, 0.2) is 0 Å². The summed E-state index contributed by atoms with van der Waals surface area (Å²) in [5.74, 6) is 0. The molecule has 0 amide bonds. The molecule has 1 heterocycles. The summed E-state index contributed by atoms with van der Waals surface area (Å²) in [6.45, 7) is 4.10. The Morgan fingerprint density at radius 1 is 1.32 bits per heavy atom. The molecule has 1 atom stereocenters. The smallest absolute Gasteiger partial charge is 0.241 e. The highest BCUT2D eigenvalue weighted by Crippen LogP contribution is 2.14. The first-order valence-electron chi connectivity index (χ1n) is 6.04. The molecule has 2 rings (SSSR count). The molecule has 0 aliphatic heterocycles. The van der Waals surface area contributed by atoms with Crippen LogP contribution < -0.4 is 4.72 Å². The fraction of sp³-hybridized carbons (Fsp3) is 0.308. The normalized spacial score (nSPS) is 13.4. The van der Waals surface area contributed by atoms with Crippen molar-refractivity contribution in [3.63, 3.8) is 0 Å². The van der Waals surface area contributed by atoms with Crippen LogP contribution in [0.2, 0.25) is 0 Å². The molecule has 1 aromatic carbocycles. The molecule has 0 aliphatic carbocycles. The van der Waals surface area contributed by atoms with Crippen LogP contribution in [0, 0.1) is 6.92 Å². The van der Waals surface area contributed by atoms with Gasteiger partial charge in [-0.25, -0.2) is 13.1 Å². The number of sulfonamides is 1. The highest BCUT2D eigenvalue weighted by atomic mass is 32.2. The third kappa shape index (κ3) is 3.42. The van der Waals surface area contributed by atoms with E-state index in [2.05, 4.69) is 9.82 Å². The number of hydrogen-bond donors (Lipinski definition) is 1. The summed E-state index contributed by atoms with van der Waals surface area (Å²) < 4.78 is 28.9. The van der Waals surface area contributed by atoms with Crippen molar-refractivity contribution in [2.24, 2.45) is 0 Å². The van der Waals surface area contributed by atoms with Gasteiger partial charge in [0, 0.05) is 18.4 Å². The zero-order valence-electron chi connectivity index (χ0n) is 10.9. The number of hydrogen-bond acceptors (Lipinski definition) is 3. The summed E-state index contributed by atoms with van der Waals surface area (Å²) in [5.41, 5.74) is 0.737. The van der Waals surface area contributed by atoms with E-state index in [4.69, 9.17) is 0 Å². The fourth-order valence-corrected chi connectivity index (χ4v) is 3.39. The second kappa shape index (κ2) is 5.54. The lowest BCUT2D eigenvalue weighted by Gasteiger charge is -2.15. The van der Waals surface area contributed by atoms with E-state index >= 15 is 0 Å². The van der Waals surface area contributed by atoms with Crippen LogP contribution in [0.1, 0.15) is 12.5 Å². The van der Waals surface area contributed by atoms with Gasteiger partial charge in [0.2, 0.25) is 10.0 Å². The third-order valence-corrected chi connectivity index (χ3v) is 4.51. The molecule has 1 aromatic heterocycles. The monoisotopic (exact) mass is 279 g/mol. The maximum absolute atomic E-state index is 12.3. The van der Waals surface area contributed by atoms with E-state index in [-0.39, 0.29) is 6.04 Å². The molecule has 0 aliphatic rings. The van der Waals surface area contributed by atoms with E-state index < -0.39 is 10.0 Å². The van der Waals surface area contributed by atoms with Crippen molar-refractivity contribution in [3.8, 4) is 0 Å². The van der Waals surface area contributed by atoms with Crippen molar-refractivity contribution in [2.75, 3.05) is 0 Å². The van der Waals surface area contributed by atoms with Gasteiger partial charge >= 0.3 is 0 Å². The summed E-state index contributed by atoms with van der Waals surface area (Å²) in [6, 6.07) is 8.51. The summed E-state index contributed by atoms with van der Waals surface area (Å²) in [7, 11) is -3.48. The van der Waals surface area contributed by atoms with E-state index in [0.29, 0.717) is 11.4 Å². The molecule has 0 saturated carbocycles. The molecule has 2 aromatic rings. The highest BCUT2D eigenvalue weighted by Gasteiger charge is 2.19. The van der Waals surface area contributed by atoms with Gasteiger partial charge in [-0.15, -0.1) is 0 Å². The van der Waals surface area contributed by atoms with Gasteiger partial charge in [-0.05, 0) is 31.5 Å². The van der Waals surface area contributed by atoms with Crippen LogP contribution in [0.15, 0.2) is 47.6 Å². The molecule has 0 fully saturated rings. The van der Waals surface area contributed by atoms with Crippen molar-refractivity contribution in [1.29, 1.82) is 0 Å². The summed E-state index contributed by atoms with van der Waals surface area (Å²) in [4.78, 5) is 0.322.